The Morgan fingerprint density at radius 2 is 1.96 bits per heavy atom. The van der Waals surface area contributed by atoms with Gasteiger partial charge in [-0.3, -0.25) is 4.79 Å². The van der Waals surface area contributed by atoms with Crippen LogP contribution in [-0.4, -0.2) is 20.7 Å². The number of benzene rings is 2. The lowest BCUT2D eigenvalue weighted by Gasteiger charge is -2.28. The number of rotatable bonds is 3. The van der Waals surface area contributed by atoms with E-state index in [2.05, 4.69) is 36.6 Å². The Bertz CT molecular complexity index is 1040. The van der Waals surface area contributed by atoms with Crippen LogP contribution in [0.25, 0.3) is 0 Å². The summed E-state index contributed by atoms with van der Waals surface area (Å²) < 4.78 is 2.71. The third-order valence-electron chi connectivity index (χ3n) is 4.50. The number of halogens is 1. The third kappa shape index (κ3) is 3.38. The molecular weight excluding hydrogens is 406 g/mol. The van der Waals surface area contributed by atoms with E-state index in [0.717, 1.165) is 27.0 Å². The zero-order valence-corrected chi connectivity index (χ0v) is 16.5. The summed E-state index contributed by atoms with van der Waals surface area (Å²) in [7, 11) is 0. The Kier molecular flexibility index (Phi) is 4.53. The van der Waals surface area contributed by atoms with E-state index in [9.17, 15) is 4.79 Å². The molecule has 2 N–H and O–H groups in total. The van der Waals surface area contributed by atoms with Crippen molar-refractivity contribution in [3.05, 3.63) is 81.7 Å². The van der Waals surface area contributed by atoms with Gasteiger partial charge in [0.1, 0.15) is 12.4 Å². The molecule has 1 unspecified atom stereocenters. The van der Waals surface area contributed by atoms with Crippen molar-refractivity contribution in [3.8, 4) is 0 Å². The molecule has 0 bridgehead atoms. The number of carbonyl (C=O) groups is 1. The van der Waals surface area contributed by atoms with E-state index in [-0.39, 0.29) is 11.9 Å². The summed E-state index contributed by atoms with van der Waals surface area (Å²) in [6, 6.07) is 15.3. The average Bonchev–Trinajstić information content (AvgIpc) is 3.09. The maximum atomic E-state index is 13.2. The SMILES string of the molecule is CC1=C(C(=O)Nc2cccc(C)c2)C(c2ccc(Br)cc2)n2ncnc2N1. The number of nitrogens with zero attached hydrogens (tertiary/aromatic N) is 3. The predicted molar refractivity (Wildman–Crippen MR) is 108 cm³/mol. The van der Waals surface area contributed by atoms with Crippen LogP contribution in [0.15, 0.2) is 70.6 Å². The molecule has 0 aliphatic carbocycles. The number of aryl methyl sites for hydroxylation is 1. The van der Waals surface area contributed by atoms with Crippen LogP contribution in [0.3, 0.4) is 0 Å². The highest BCUT2D eigenvalue weighted by Gasteiger charge is 2.33. The molecule has 0 spiro atoms. The lowest BCUT2D eigenvalue weighted by atomic mass is 9.95. The fourth-order valence-corrected chi connectivity index (χ4v) is 3.52. The molecule has 4 rings (SSSR count). The van der Waals surface area contributed by atoms with Gasteiger partial charge in [0, 0.05) is 15.9 Å². The van der Waals surface area contributed by atoms with Gasteiger partial charge >= 0.3 is 0 Å². The van der Waals surface area contributed by atoms with E-state index < -0.39 is 0 Å². The molecule has 136 valence electrons. The first-order valence-electron chi connectivity index (χ1n) is 8.54. The lowest BCUT2D eigenvalue weighted by Crippen LogP contribution is -2.31. The number of nitrogens with one attached hydrogen (secondary N) is 2. The molecule has 7 heteroatoms. The van der Waals surface area contributed by atoms with Gasteiger partial charge in [-0.15, -0.1) is 0 Å². The molecule has 3 aromatic rings. The second-order valence-corrected chi connectivity index (χ2v) is 7.39. The van der Waals surface area contributed by atoms with E-state index in [0.29, 0.717) is 11.5 Å². The molecule has 6 nitrogen and oxygen atoms in total. The number of allylic oxidation sites excluding steroid dienone is 1. The van der Waals surface area contributed by atoms with E-state index >= 15 is 0 Å². The minimum absolute atomic E-state index is 0.167. The van der Waals surface area contributed by atoms with E-state index in [1.54, 1.807) is 4.68 Å². The van der Waals surface area contributed by atoms with Gasteiger partial charge in [0.25, 0.3) is 5.91 Å². The zero-order chi connectivity index (χ0) is 19.0. The summed E-state index contributed by atoms with van der Waals surface area (Å²) >= 11 is 3.46. The van der Waals surface area contributed by atoms with Gasteiger partial charge in [0.15, 0.2) is 0 Å². The van der Waals surface area contributed by atoms with Gasteiger partial charge in [-0.2, -0.15) is 10.1 Å². The van der Waals surface area contributed by atoms with Crippen LogP contribution in [0.2, 0.25) is 0 Å². The van der Waals surface area contributed by atoms with Gasteiger partial charge in [-0.05, 0) is 49.2 Å². The van der Waals surface area contributed by atoms with Crippen LogP contribution >= 0.6 is 15.9 Å². The minimum Gasteiger partial charge on any atom is -0.328 e. The second-order valence-electron chi connectivity index (χ2n) is 6.47. The van der Waals surface area contributed by atoms with Gasteiger partial charge in [-0.1, -0.05) is 40.2 Å². The molecule has 2 heterocycles. The Hall–Kier alpha value is -2.93. The van der Waals surface area contributed by atoms with Gasteiger partial charge < -0.3 is 10.6 Å². The summed E-state index contributed by atoms with van der Waals surface area (Å²) in [5.41, 5.74) is 4.17. The summed E-state index contributed by atoms with van der Waals surface area (Å²) in [5.74, 6) is 0.451. The zero-order valence-electron chi connectivity index (χ0n) is 14.9. The molecule has 1 aliphatic heterocycles. The number of amides is 1. The molecule has 0 saturated heterocycles. The van der Waals surface area contributed by atoms with Crippen LogP contribution in [0.1, 0.15) is 24.1 Å². The monoisotopic (exact) mass is 423 g/mol. The van der Waals surface area contributed by atoms with Crippen molar-refractivity contribution in [3.63, 3.8) is 0 Å². The Balaban J connectivity index is 1.76. The number of hydrogen-bond donors (Lipinski definition) is 2. The molecule has 1 amide bonds. The maximum Gasteiger partial charge on any atom is 0.255 e. The first-order chi connectivity index (χ1) is 13.0. The summed E-state index contributed by atoms with van der Waals surface area (Å²) in [6.45, 7) is 3.88. The molecule has 1 aliphatic rings. The van der Waals surface area contributed by atoms with E-state index in [4.69, 9.17) is 0 Å². The first kappa shape index (κ1) is 17.5. The highest BCUT2D eigenvalue weighted by molar-refractivity contribution is 9.10. The Morgan fingerprint density at radius 1 is 1.19 bits per heavy atom. The fraction of sp³-hybridized carbons (Fsp3) is 0.150. The lowest BCUT2D eigenvalue weighted by molar-refractivity contribution is -0.113. The van der Waals surface area contributed by atoms with Gasteiger partial charge in [0.05, 0.1) is 5.57 Å². The van der Waals surface area contributed by atoms with E-state index in [1.807, 2.05) is 62.4 Å². The Morgan fingerprint density at radius 3 is 2.70 bits per heavy atom. The van der Waals surface area contributed by atoms with Crippen molar-refractivity contribution < 1.29 is 4.79 Å². The number of fused-ring (bicyclic) bond motifs is 1. The molecule has 0 fully saturated rings. The van der Waals surface area contributed by atoms with Crippen molar-refractivity contribution in [2.75, 3.05) is 10.6 Å². The first-order valence-corrected chi connectivity index (χ1v) is 9.33. The molecule has 1 aromatic heterocycles. The van der Waals surface area contributed by atoms with Crippen LogP contribution in [0.5, 0.6) is 0 Å². The fourth-order valence-electron chi connectivity index (χ4n) is 3.26. The standard InChI is InChI=1S/C20H18BrN5O/c1-12-4-3-5-16(10-12)25-19(27)17-13(2)24-20-22-11-23-26(20)18(17)14-6-8-15(21)9-7-14/h3-11,18H,1-2H3,(H,25,27)(H,22,23,24). The third-order valence-corrected chi connectivity index (χ3v) is 5.03. The Labute approximate surface area is 165 Å². The highest BCUT2D eigenvalue weighted by Crippen LogP contribution is 2.35. The number of hydrogen-bond acceptors (Lipinski definition) is 4. The van der Waals surface area contributed by atoms with Crippen LogP contribution in [-0.2, 0) is 4.79 Å². The molecule has 2 aromatic carbocycles. The van der Waals surface area contributed by atoms with E-state index in [1.165, 1.54) is 6.33 Å². The van der Waals surface area contributed by atoms with Crippen molar-refractivity contribution in [2.45, 2.75) is 19.9 Å². The highest BCUT2D eigenvalue weighted by atomic mass is 79.9. The molecule has 0 radical (unpaired) electrons. The van der Waals surface area contributed by atoms with Gasteiger partial charge in [0.2, 0.25) is 5.95 Å². The normalized spacial score (nSPS) is 15.9. The quantitative estimate of drug-likeness (QED) is 0.659. The average molecular weight is 424 g/mol. The van der Waals surface area contributed by atoms with Crippen molar-refractivity contribution in [1.29, 1.82) is 0 Å². The summed E-state index contributed by atoms with van der Waals surface area (Å²) in [4.78, 5) is 17.4. The molecule has 27 heavy (non-hydrogen) atoms. The van der Waals surface area contributed by atoms with Crippen LogP contribution in [0.4, 0.5) is 11.6 Å². The van der Waals surface area contributed by atoms with Crippen LogP contribution < -0.4 is 10.6 Å². The molecule has 0 saturated carbocycles. The number of carbonyl (C=O) groups excluding carboxylic acids is 1. The second kappa shape index (κ2) is 7.00. The summed E-state index contributed by atoms with van der Waals surface area (Å²) in [5, 5.41) is 10.5. The van der Waals surface area contributed by atoms with Crippen LogP contribution in [0, 0.1) is 6.92 Å². The van der Waals surface area contributed by atoms with Gasteiger partial charge in [-0.25, -0.2) is 4.68 Å². The predicted octanol–water partition coefficient (Wildman–Crippen LogP) is 4.28. The molecule has 1 atom stereocenters. The topological polar surface area (TPSA) is 71.8 Å². The number of aromatic nitrogens is 3. The van der Waals surface area contributed by atoms with Crippen molar-refractivity contribution in [2.24, 2.45) is 0 Å². The summed E-state index contributed by atoms with van der Waals surface area (Å²) in [6.07, 6.45) is 1.49. The maximum absolute atomic E-state index is 13.2. The van der Waals surface area contributed by atoms with Crippen molar-refractivity contribution >= 4 is 33.5 Å². The molecular formula is C20H18BrN5O. The minimum atomic E-state index is -0.360. The largest absolute Gasteiger partial charge is 0.328 e. The van der Waals surface area contributed by atoms with Crippen molar-refractivity contribution in [1.82, 2.24) is 14.8 Å². The number of anilines is 2. The smallest absolute Gasteiger partial charge is 0.255 e.